The molecule has 2 rings (SSSR count). The lowest BCUT2D eigenvalue weighted by molar-refractivity contribution is 0.318. The lowest BCUT2D eigenvalue weighted by atomic mass is 9.83. The molecule has 1 fully saturated rings. The van der Waals surface area contributed by atoms with Crippen molar-refractivity contribution in [3.63, 3.8) is 0 Å². The van der Waals surface area contributed by atoms with E-state index in [9.17, 15) is 8.42 Å². The van der Waals surface area contributed by atoms with Crippen molar-refractivity contribution in [1.29, 1.82) is 0 Å². The molecular formula is C15H24N2O2S. The van der Waals surface area contributed by atoms with Crippen LogP contribution in [-0.2, 0) is 9.84 Å². The number of hydrogen-bond donors (Lipinski definition) is 1. The van der Waals surface area contributed by atoms with Crippen molar-refractivity contribution < 1.29 is 8.42 Å². The van der Waals surface area contributed by atoms with Gasteiger partial charge in [0.15, 0.2) is 9.84 Å². The Hall–Kier alpha value is -1.10. The third kappa shape index (κ3) is 3.95. The molecule has 1 N–H and O–H groups in total. The summed E-state index contributed by atoms with van der Waals surface area (Å²) >= 11 is 0. The predicted octanol–water partition coefficient (Wildman–Crippen LogP) is 3.26. The van der Waals surface area contributed by atoms with E-state index < -0.39 is 9.84 Å². The molecule has 5 heteroatoms. The van der Waals surface area contributed by atoms with Crippen molar-refractivity contribution >= 4 is 15.7 Å². The minimum absolute atomic E-state index is 0.302. The molecule has 20 heavy (non-hydrogen) atoms. The number of pyridine rings is 1. The fourth-order valence-electron chi connectivity index (χ4n) is 3.00. The van der Waals surface area contributed by atoms with Gasteiger partial charge in [-0.3, -0.25) is 0 Å². The van der Waals surface area contributed by atoms with Gasteiger partial charge in [0, 0.05) is 18.5 Å². The highest BCUT2D eigenvalue weighted by atomic mass is 32.2. The smallest absolute Gasteiger partial charge is 0.179 e. The van der Waals surface area contributed by atoms with Crippen molar-refractivity contribution in [2.24, 2.45) is 5.92 Å². The van der Waals surface area contributed by atoms with Crippen LogP contribution in [0.3, 0.4) is 0 Å². The summed E-state index contributed by atoms with van der Waals surface area (Å²) in [5, 5.41) is 3.33. The standard InChI is InChI=1S/C15H24N2O2S/c1-3-5-12-7-9-13(10-8-12)17-15-14(20(2,18)19)6-4-11-16-15/h4,6,11-13H,3,5,7-10H2,1-2H3,(H,16,17). The van der Waals surface area contributed by atoms with Gasteiger partial charge >= 0.3 is 0 Å². The third-order valence-electron chi connectivity index (χ3n) is 4.05. The second-order valence-corrected chi connectivity index (χ2v) is 7.76. The van der Waals surface area contributed by atoms with Crippen molar-refractivity contribution in [1.82, 2.24) is 4.98 Å². The van der Waals surface area contributed by atoms with Gasteiger partial charge in [-0.05, 0) is 43.7 Å². The van der Waals surface area contributed by atoms with Gasteiger partial charge in [-0.15, -0.1) is 0 Å². The summed E-state index contributed by atoms with van der Waals surface area (Å²) in [6.45, 7) is 2.23. The monoisotopic (exact) mass is 296 g/mol. The Bertz CT molecular complexity index is 535. The van der Waals surface area contributed by atoms with E-state index in [1.54, 1.807) is 18.3 Å². The summed E-state index contributed by atoms with van der Waals surface area (Å²) in [6.07, 6.45) is 10.1. The van der Waals surface area contributed by atoms with Crippen molar-refractivity contribution in [2.75, 3.05) is 11.6 Å². The summed E-state index contributed by atoms with van der Waals surface area (Å²) in [6, 6.07) is 3.63. The summed E-state index contributed by atoms with van der Waals surface area (Å²) < 4.78 is 23.5. The van der Waals surface area contributed by atoms with E-state index in [0.717, 1.165) is 18.8 Å². The summed E-state index contributed by atoms with van der Waals surface area (Å²) in [4.78, 5) is 4.51. The summed E-state index contributed by atoms with van der Waals surface area (Å²) in [7, 11) is -3.23. The Labute approximate surface area is 121 Å². The van der Waals surface area contributed by atoms with Crippen LogP contribution in [0.5, 0.6) is 0 Å². The first-order chi connectivity index (χ1) is 9.50. The lowest BCUT2D eigenvalue weighted by Gasteiger charge is -2.29. The summed E-state index contributed by atoms with van der Waals surface area (Å²) in [5.41, 5.74) is 0. The van der Waals surface area contributed by atoms with Gasteiger partial charge in [0.05, 0.1) is 0 Å². The highest BCUT2D eigenvalue weighted by Gasteiger charge is 2.22. The quantitative estimate of drug-likeness (QED) is 0.906. The van der Waals surface area contributed by atoms with Crippen molar-refractivity contribution in [3.05, 3.63) is 18.3 Å². The molecule has 0 amide bonds. The molecule has 0 atom stereocenters. The SMILES string of the molecule is CCCC1CCC(Nc2ncccc2S(C)(=O)=O)CC1. The number of nitrogens with one attached hydrogen (secondary N) is 1. The molecule has 0 saturated heterocycles. The van der Waals surface area contributed by atoms with Crippen LogP contribution in [0.15, 0.2) is 23.2 Å². The minimum atomic E-state index is -3.23. The van der Waals surface area contributed by atoms with Gasteiger partial charge in [0.25, 0.3) is 0 Å². The zero-order valence-corrected chi connectivity index (χ0v) is 13.1. The number of rotatable bonds is 5. The Kier molecular flexibility index (Phi) is 5.02. The summed E-state index contributed by atoms with van der Waals surface area (Å²) in [5.74, 6) is 1.35. The normalized spacial score (nSPS) is 23.5. The number of anilines is 1. The fourth-order valence-corrected chi connectivity index (χ4v) is 3.78. The molecule has 0 spiro atoms. The van der Waals surface area contributed by atoms with Crippen LogP contribution in [0.2, 0.25) is 0 Å². The van der Waals surface area contributed by atoms with Gasteiger partial charge in [-0.2, -0.15) is 0 Å². The maximum absolute atomic E-state index is 11.8. The highest BCUT2D eigenvalue weighted by Crippen LogP contribution is 2.30. The first-order valence-corrected chi connectivity index (χ1v) is 9.31. The first kappa shape index (κ1) is 15.3. The largest absolute Gasteiger partial charge is 0.366 e. The topological polar surface area (TPSA) is 59.1 Å². The Morgan fingerprint density at radius 1 is 1.30 bits per heavy atom. The highest BCUT2D eigenvalue weighted by molar-refractivity contribution is 7.90. The zero-order chi connectivity index (χ0) is 14.6. The number of nitrogens with zero attached hydrogens (tertiary/aromatic N) is 1. The molecule has 1 aliphatic rings. The molecule has 4 nitrogen and oxygen atoms in total. The number of aromatic nitrogens is 1. The van der Waals surface area contributed by atoms with Crippen LogP contribution in [0.25, 0.3) is 0 Å². The fraction of sp³-hybridized carbons (Fsp3) is 0.667. The second-order valence-electron chi connectivity index (χ2n) is 5.77. The molecule has 1 aromatic rings. The van der Waals surface area contributed by atoms with Crippen LogP contribution < -0.4 is 5.32 Å². The second kappa shape index (κ2) is 6.57. The van der Waals surface area contributed by atoms with E-state index in [-0.39, 0.29) is 0 Å². The Morgan fingerprint density at radius 3 is 2.60 bits per heavy atom. The van der Waals surface area contributed by atoms with E-state index in [0.29, 0.717) is 16.8 Å². The van der Waals surface area contributed by atoms with Crippen molar-refractivity contribution in [3.8, 4) is 0 Å². The molecule has 1 heterocycles. The van der Waals surface area contributed by atoms with Crippen LogP contribution in [-0.4, -0.2) is 25.7 Å². The molecule has 0 radical (unpaired) electrons. The lowest BCUT2D eigenvalue weighted by Crippen LogP contribution is -2.27. The minimum Gasteiger partial charge on any atom is -0.366 e. The maximum Gasteiger partial charge on any atom is 0.179 e. The maximum atomic E-state index is 11.8. The van der Waals surface area contributed by atoms with Crippen molar-refractivity contribution in [2.45, 2.75) is 56.4 Å². The molecule has 0 aromatic carbocycles. The molecule has 0 unspecified atom stereocenters. The Balaban J connectivity index is 2.02. The van der Waals surface area contributed by atoms with Gasteiger partial charge < -0.3 is 5.32 Å². The van der Waals surface area contributed by atoms with E-state index in [1.165, 1.54) is 31.9 Å². The molecular weight excluding hydrogens is 272 g/mol. The van der Waals surface area contributed by atoms with Crippen LogP contribution in [0, 0.1) is 5.92 Å². The van der Waals surface area contributed by atoms with E-state index in [1.807, 2.05) is 0 Å². The first-order valence-electron chi connectivity index (χ1n) is 7.42. The molecule has 1 aliphatic carbocycles. The van der Waals surface area contributed by atoms with Crippen LogP contribution in [0.4, 0.5) is 5.82 Å². The third-order valence-corrected chi connectivity index (χ3v) is 5.18. The van der Waals surface area contributed by atoms with Crippen LogP contribution in [0.1, 0.15) is 45.4 Å². The van der Waals surface area contributed by atoms with E-state index in [2.05, 4.69) is 17.2 Å². The van der Waals surface area contributed by atoms with Gasteiger partial charge in [0.2, 0.25) is 0 Å². The molecule has 112 valence electrons. The average Bonchev–Trinajstić information content (AvgIpc) is 2.41. The average molecular weight is 296 g/mol. The molecule has 0 aliphatic heterocycles. The molecule has 1 aromatic heterocycles. The number of sulfone groups is 1. The van der Waals surface area contributed by atoms with Crippen LogP contribution >= 0.6 is 0 Å². The number of hydrogen-bond acceptors (Lipinski definition) is 4. The molecule has 1 saturated carbocycles. The predicted molar refractivity (Wildman–Crippen MR) is 81.6 cm³/mol. The molecule has 0 bridgehead atoms. The van der Waals surface area contributed by atoms with E-state index in [4.69, 9.17) is 0 Å². The van der Waals surface area contributed by atoms with Gasteiger partial charge in [-0.25, -0.2) is 13.4 Å². The van der Waals surface area contributed by atoms with E-state index >= 15 is 0 Å². The zero-order valence-electron chi connectivity index (χ0n) is 12.3. The van der Waals surface area contributed by atoms with Gasteiger partial charge in [0.1, 0.15) is 10.7 Å². The Morgan fingerprint density at radius 2 is 2.00 bits per heavy atom. The van der Waals surface area contributed by atoms with Gasteiger partial charge in [-0.1, -0.05) is 19.8 Å².